The predicted octanol–water partition coefficient (Wildman–Crippen LogP) is 3.83. The van der Waals surface area contributed by atoms with Crippen molar-refractivity contribution in [3.05, 3.63) is 47.9 Å². The van der Waals surface area contributed by atoms with Crippen LogP contribution in [0.15, 0.2) is 36.7 Å². The Balaban J connectivity index is 1.96. The number of halogens is 3. The zero-order valence-electron chi connectivity index (χ0n) is 15.2. The number of nitrogens with zero attached hydrogens (tertiary/aromatic N) is 4. The lowest BCUT2D eigenvalue weighted by molar-refractivity contribution is -0.141. The summed E-state index contributed by atoms with van der Waals surface area (Å²) >= 11 is 0. The highest BCUT2D eigenvalue weighted by Gasteiger charge is 2.34. The van der Waals surface area contributed by atoms with E-state index in [0.29, 0.717) is 6.42 Å². The maximum absolute atomic E-state index is 13.2. The molecule has 0 amide bonds. The van der Waals surface area contributed by atoms with Crippen LogP contribution in [-0.2, 0) is 12.6 Å². The molecule has 1 N–H and O–H groups in total. The van der Waals surface area contributed by atoms with Crippen molar-refractivity contribution in [3.63, 3.8) is 0 Å². The van der Waals surface area contributed by atoms with Gasteiger partial charge in [-0.25, -0.2) is 4.98 Å². The lowest BCUT2D eigenvalue weighted by Gasteiger charge is -2.25. The third-order valence-electron chi connectivity index (χ3n) is 4.31. The Hall–Kier alpha value is -2.84. The van der Waals surface area contributed by atoms with E-state index in [2.05, 4.69) is 20.4 Å². The van der Waals surface area contributed by atoms with Crippen LogP contribution in [0.3, 0.4) is 0 Å². The van der Waals surface area contributed by atoms with Crippen molar-refractivity contribution in [1.29, 1.82) is 0 Å². The average Bonchev–Trinajstić information content (AvgIpc) is 3.09. The van der Waals surface area contributed by atoms with Gasteiger partial charge < -0.3 is 10.1 Å². The number of para-hydroxylation sites is 1. The Morgan fingerprint density at radius 2 is 1.96 bits per heavy atom. The highest BCUT2D eigenvalue weighted by Crippen LogP contribution is 2.30. The summed E-state index contributed by atoms with van der Waals surface area (Å²) in [6.07, 6.45) is -2.82. The van der Waals surface area contributed by atoms with Crippen LogP contribution in [0.1, 0.15) is 25.1 Å². The minimum absolute atomic E-state index is 0.105. The minimum atomic E-state index is -4.57. The molecule has 0 aliphatic heterocycles. The molecule has 0 saturated carbocycles. The summed E-state index contributed by atoms with van der Waals surface area (Å²) in [4.78, 5) is 7.33. The van der Waals surface area contributed by atoms with Gasteiger partial charge >= 0.3 is 6.18 Å². The molecule has 0 aliphatic carbocycles. The number of methoxy groups -OCH3 is 1. The number of hydrogen-bond acceptors (Lipinski definition) is 5. The maximum Gasteiger partial charge on any atom is 0.433 e. The fourth-order valence-corrected chi connectivity index (χ4v) is 2.81. The second kappa shape index (κ2) is 7.42. The van der Waals surface area contributed by atoms with Crippen LogP contribution >= 0.6 is 0 Å². The van der Waals surface area contributed by atoms with Gasteiger partial charge in [0.05, 0.1) is 7.11 Å². The molecule has 0 fully saturated rings. The largest absolute Gasteiger partial charge is 0.496 e. The molecule has 6 nitrogen and oxygen atoms in total. The van der Waals surface area contributed by atoms with E-state index < -0.39 is 11.9 Å². The lowest BCUT2D eigenvalue weighted by Crippen LogP contribution is -2.30. The molecule has 144 valence electrons. The molecule has 0 aliphatic rings. The van der Waals surface area contributed by atoms with Crippen LogP contribution in [0.5, 0.6) is 5.75 Å². The zero-order valence-corrected chi connectivity index (χ0v) is 15.2. The summed E-state index contributed by atoms with van der Waals surface area (Å²) in [6.45, 7) is 3.99. The molecule has 9 heteroatoms. The van der Waals surface area contributed by atoms with Crippen molar-refractivity contribution >= 4 is 11.6 Å². The van der Waals surface area contributed by atoms with Crippen LogP contribution in [0.4, 0.5) is 19.0 Å². The highest BCUT2D eigenvalue weighted by atomic mass is 19.4. The minimum Gasteiger partial charge on any atom is -0.496 e. The number of ether oxygens (including phenoxy) is 1. The van der Waals surface area contributed by atoms with Gasteiger partial charge in [0.25, 0.3) is 5.78 Å². The molecule has 2 heterocycles. The molecule has 0 radical (unpaired) electrons. The van der Waals surface area contributed by atoms with Crippen LogP contribution in [0.25, 0.3) is 5.78 Å². The second-order valence-corrected chi connectivity index (χ2v) is 6.51. The van der Waals surface area contributed by atoms with Crippen molar-refractivity contribution in [2.45, 2.75) is 32.5 Å². The first kappa shape index (κ1) is 18.9. The quantitative estimate of drug-likeness (QED) is 0.705. The van der Waals surface area contributed by atoms with Gasteiger partial charge in [0.2, 0.25) is 0 Å². The average molecular weight is 379 g/mol. The maximum atomic E-state index is 13.2. The molecule has 0 spiro atoms. The van der Waals surface area contributed by atoms with Crippen molar-refractivity contribution in [2.24, 2.45) is 5.92 Å². The van der Waals surface area contributed by atoms with Gasteiger partial charge in [-0.2, -0.15) is 27.8 Å². The van der Waals surface area contributed by atoms with Gasteiger partial charge in [-0.3, -0.25) is 0 Å². The Morgan fingerprint density at radius 3 is 2.63 bits per heavy atom. The van der Waals surface area contributed by atoms with E-state index in [1.165, 1.54) is 10.8 Å². The van der Waals surface area contributed by atoms with E-state index in [1.807, 2.05) is 38.1 Å². The van der Waals surface area contributed by atoms with Gasteiger partial charge in [-0.1, -0.05) is 32.0 Å². The van der Waals surface area contributed by atoms with E-state index in [9.17, 15) is 13.2 Å². The fourth-order valence-electron chi connectivity index (χ4n) is 2.81. The van der Waals surface area contributed by atoms with Crippen molar-refractivity contribution in [3.8, 4) is 5.75 Å². The third-order valence-corrected chi connectivity index (χ3v) is 4.31. The Kier molecular flexibility index (Phi) is 5.20. The molecule has 0 bridgehead atoms. The smallest absolute Gasteiger partial charge is 0.433 e. The summed E-state index contributed by atoms with van der Waals surface area (Å²) in [5, 5.41) is 7.17. The summed E-state index contributed by atoms with van der Waals surface area (Å²) in [5.74, 6) is 0.961. The van der Waals surface area contributed by atoms with Crippen molar-refractivity contribution in [1.82, 2.24) is 19.6 Å². The monoisotopic (exact) mass is 379 g/mol. The second-order valence-electron chi connectivity index (χ2n) is 6.51. The number of aromatic nitrogens is 4. The molecule has 1 unspecified atom stereocenters. The van der Waals surface area contributed by atoms with E-state index >= 15 is 0 Å². The first-order chi connectivity index (χ1) is 12.8. The highest BCUT2D eigenvalue weighted by molar-refractivity contribution is 5.47. The molecule has 0 saturated heterocycles. The van der Waals surface area contributed by atoms with Gasteiger partial charge in [0, 0.05) is 12.1 Å². The molecule has 1 aromatic carbocycles. The lowest BCUT2D eigenvalue weighted by atomic mass is 9.96. The van der Waals surface area contributed by atoms with Gasteiger partial charge in [-0.05, 0) is 24.0 Å². The number of nitrogens with one attached hydrogen (secondary N) is 1. The fraction of sp³-hybridized carbons (Fsp3) is 0.389. The summed E-state index contributed by atoms with van der Waals surface area (Å²) in [7, 11) is 1.59. The van der Waals surface area contributed by atoms with Gasteiger partial charge in [-0.15, -0.1) is 0 Å². The molecule has 27 heavy (non-hydrogen) atoms. The summed E-state index contributed by atoms with van der Waals surface area (Å²) in [5.41, 5.74) is -0.0450. The first-order valence-corrected chi connectivity index (χ1v) is 8.46. The van der Waals surface area contributed by atoms with Crippen LogP contribution in [0, 0.1) is 5.92 Å². The molecule has 2 aromatic heterocycles. The third kappa shape index (κ3) is 4.12. The number of rotatable bonds is 6. The first-order valence-electron chi connectivity index (χ1n) is 8.46. The van der Waals surface area contributed by atoms with E-state index in [-0.39, 0.29) is 23.6 Å². The Morgan fingerprint density at radius 1 is 1.22 bits per heavy atom. The van der Waals surface area contributed by atoms with Gasteiger partial charge in [0.1, 0.15) is 17.9 Å². The molecule has 3 aromatic rings. The number of anilines is 1. The van der Waals surface area contributed by atoms with Crippen LogP contribution in [-0.4, -0.2) is 32.7 Å². The number of benzene rings is 1. The number of alkyl halides is 3. The molecule has 1 atom stereocenters. The number of fused-ring (bicyclic) bond motifs is 1. The Labute approximate surface area is 154 Å². The van der Waals surface area contributed by atoms with E-state index in [4.69, 9.17) is 4.74 Å². The molecule has 3 rings (SSSR count). The standard InChI is InChI=1S/C18H20F3N5O/c1-11(2)13(8-12-6-4-5-7-14(12)27-3)24-16-9-15(18(19,20)21)25-17-22-10-23-26(16)17/h4-7,9-11,13,24H,8H2,1-3H3. The summed E-state index contributed by atoms with van der Waals surface area (Å²) in [6, 6.07) is 8.37. The van der Waals surface area contributed by atoms with Crippen molar-refractivity contribution < 1.29 is 17.9 Å². The normalized spacial score (nSPS) is 13.1. The topological polar surface area (TPSA) is 64.3 Å². The van der Waals surface area contributed by atoms with E-state index in [1.54, 1.807) is 7.11 Å². The van der Waals surface area contributed by atoms with Crippen LogP contribution in [0.2, 0.25) is 0 Å². The molecular weight excluding hydrogens is 359 g/mol. The number of hydrogen-bond donors (Lipinski definition) is 1. The zero-order chi connectivity index (χ0) is 19.6. The van der Waals surface area contributed by atoms with Gasteiger partial charge in [0.15, 0.2) is 5.69 Å². The van der Waals surface area contributed by atoms with Crippen LogP contribution < -0.4 is 10.1 Å². The SMILES string of the molecule is COc1ccccc1CC(Nc1cc(C(F)(F)F)nc2ncnn12)C(C)C. The Bertz CT molecular complexity index is 923. The molecular formula is C18H20F3N5O. The van der Waals surface area contributed by atoms with E-state index in [0.717, 1.165) is 17.4 Å². The predicted molar refractivity (Wildman–Crippen MR) is 94.7 cm³/mol. The summed E-state index contributed by atoms with van der Waals surface area (Å²) < 4.78 is 46.2. The van der Waals surface area contributed by atoms with Crippen molar-refractivity contribution in [2.75, 3.05) is 12.4 Å².